The summed E-state index contributed by atoms with van der Waals surface area (Å²) in [7, 11) is 0. The largest absolute Gasteiger partial charge is 0.732 e. The summed E-state index contributed by atoms with van der Waals surface area (Å²) in [4.78, 5) is 12.3. The van der Waals surface area contributed by atoms with Gasteiger partial charge in [-0.2, -0.15) is 0 Å². The fourth-order valence-corrected chi connectivity index (χ4v) is 5.80. The van der Waals surface area contributed by atoms with E-state index in [1.54, 1.807) is 6.20 Å². The molecule has 7 heteroatoms. The monoisotopic (exact) mass is 426 g/mol. The highest BCUT2D eigenvalue weighted by Gasteiger charge is 2.61. The maximum Gasteiger partial charge on any atom is 0.732 e. The molecule has 2 atom stereocenters. The Morgan fingerprint density at radius 2 is 1.74 bits per heavy atom. The van der Waals surface area contributed by atoms with Crippen LogP contribution in [0.2, 0.25) is 0 Å². The molecule has 3 heterocycles. The Bertz CT molecular complexity index is 1100. The van der Waals surface area contributed by atoms with E-state index in [2.05, 4.69) is 0 Å². The topological polar surface area (TPSA) is 45.2 Å². The van der Waals surface area contributed by atoms with Gasteiger partial charge in [-0.1, -0.05) is 58.0 Å². The van der Waals surface area contributed by atoms with Crippen molar-refractivity contribution in [2.45, 2.75) is 65.3 Å². The number of carboxylic acid groups (broad SMARTS) is 1. The summed E-state index contributed by atoms with van der Waals surface area (Å²) < 4.78 is 34.4. The number of nitrogens with zero attached hydrogens (tertiary/aromatic N) is 2. The molecule has 2 aliphatic heterocycles. The van der Waals surface area contributed by atoms with Crippen LogP contribution in [0.25, 0.3) is 0 Å². The van der Waals surface area contributed by atoms with Crippen molar-refractivity contribution in [2.75, 3.05) is 0 Å². The third-order valence-corrected chi connectivity index (χ3v) is 6.97. The number of rotatable bonds is 6. The lowest BCUT2D eigenvalue weighted by Gasteiger charge is -2.41. The van der Waals surface area contributed by atoms with Gasteiger partial charge in [0.15, 0.2) is 0 Å². The number of hydrogen-bond acceptors (Lipinski definition) is 1. The number of fused-ring (bicyclic) bond motifs is 2. The van der Waals surface area contributed by atoms with Crippen molar-refractivity contribution >= 4 is 18.7 Å². The lowest BCUT2D eigenvalue weighted by atomic mass is 9.74. The van der Waals surface area contributed by atoms with Crippen LogP contribution in [0.5, 0.6) is 0 Å². The van der Waals surface area contributed by atoms with Crippen LogP contribution in [-0.4, -0.2) is 38.8 Å². The Morgan fingerprint density at radius 1 is 1.06 bits per heavy atom. The number of aliphatic carboxylic acids is 1. The summed E-state index contributed by atoms with van der Waals surface area (Å²) >= 11 is 0. The van der Waals surface area contributed by atoms with Crippen molar-refractivity contribution in [1.82, 2.24) is 4.48 Å². The molecule has 0 aliphatic carbocycles. The standard InChI is InChI=1S/C24H29BF2N2O2/c1-5-15-14-28-21(17(15)6-2)20(16-12-10-9-11-13-16)22-18(7-3)19(8-4)23(24(30)31)29(22)25(28,26)27/h9-14,20,22H,5-8H2,1-4H3,(H,30,31). The molecule has 1 N–H and O–H groups in total. The maximum absolute atomic E-state index is 16.2. The van der Waals surface area contributed by atoms with Crippen molar-refractivity contribution in [3.05, 3.63) is 70.1 Å². The average Bonchev–Trinajstić information content (AvgIpc) is 3.31. The second kappa shape index (κ2) is 7.77. The highest BCUT2D eigenvalue weighted by atomic mass is 19.2. The molecule has 2 aromatic rings. The SMILES string of the molecule is CCC1=C(CC)C2C(c3ccccc3)c3c(CC)c(CC)cn3[B-](F)(F)[N+]2=C1C(=O)O. The second-order valence-corrected chi connectivity index (χ2v) is 8.33. The van der Waals surface area contributed by atoms with Crippen molar-refractivity contribution in [3.8, 4) is 0 Å². The normalized spacial score (nSPS) is 22.0. The van der Waals surface area contributed by atoms with Crippen LogP contribution in [0.4, 0.5) is 8.63 Å². The molecule has 0 fully saturated rings. The second-order valence-electron chi connectivity index (χ2n) is 8.33. The molecule has 31 heavy (non-hydrogen) atoms. The zero-order valence-electron chi connectivity index (χ0n) is 18.5. The maximum atomic E-state index is 16.2. The van der Waals surface area contributed by atoms with E-state index in [4.69, 9.17) is 0 Å². The number of halogens is 2. The Kier molecular flexibility index (Phi) is 5.40. The molecule has 0 saturated heterocycles. The van der Waals surface area contributed by atoms with E-state index in [0.717, 1.165) is 31.2 Å². The van der Waals surface area contributed by atoms with E-state index in [0.29, 0.717) is 37.0 Å². The molecule has 0 radical (unpaired) electrons. The molecular formula is C24H29BF2N2O2. The van der Waals surface area contributed by atoms with Crippen LogP contribution in [0.1, 0.15) is 68.8 Å². The van der Waals surface area contributed by atoms with Gasteiger partial charge < -0.3 is 22.7 Å². The molecule has 4 nitrogen and oxygen atoms in total. The molecule has 1 aromatic heterocycles. The number of carbonyl (C=O) groups is 1. The van der Waals surface area contributed by atoms with Crippen LogP contribution in [-0.2, 0) is 17.6 Å². The quantitative estimate of drug-likeness (QED) is 0.660. The highest BCUT2D eigenvalue weighted by molar-refractivity contribution is 6.59. The van der Waals surface area contributed by atoms with Gasteiger partial charge in [-0.15, -0.1) is 0 Å². The number of aromatic nitrogens is 1. The Morgan fingerprint density at radius 3 is 2.26 bits per heavy atom. The molecule has 2 aliphatic rings. The van der Waals surface area contributed by atoms with Crippen LogP contribution in [0.15, 0.2) is 47.7 Å². The van der Waals surface area contributed by atoms with E-state index in [-0.39, 0.29) is 11.6 Å². The van der Waals surface area contributed by atoms with E-state index in [9.17, 15) is 9.90 Å². The first-order chi connectivity index (χ1) is 14.8. The molecule has 0 bridgehead atoms. The Balaban J connectivity index is 2.15. The van der Waals surface area contributed by atoms with Gasteiger partial charge in [0.25, 0.3) is 0 Å². The van der Waals surface area contributed by atoms with Crippen molar-refractivity contribution in [3.63, 3.8) is 0 Å². The number of aryl methyl sites for hydroxylation is 1. The van der Waals surface area contributed by atoms with Gasteiger partial charge in [-0.3, -0.25) is 0 Å². The van der Waals surface area contributed by atoms with Crippen molar-refractivity contribution in [1.29, 1.82) is 0 Å². The van der Waals surface area contributed by atoms with E-state index < -0.39 is 19.0 Å². The van der Waals surface area contributed by atoms with Gasteiger partial charge in [-0.05, 0) is 48.6 Å². The molecule has 4 rings (SSSR count). The lowest BCUT2D eigenvalue weighted by molar-refractivity contribution is -0.462. The first-order valence-electron chi connectivity index (χ1n) is 11.2. The van der Waals surface area contributed by atoms with Gasteiger partial charge >= 0.3 is 12.9 Å². The van der Waals surface area contributed by atoms with Gasteiger partial charge in [0.05, 0.1) is 5.92 Å². The molecule has 0 saturated carbocycles. The fourth-order valence-electron chi connectivity index (χ4n) is 5.80. The summed E-state index contributed by atoms with van der Waals surface area (Å²) in [5, 5.41) is 10.0. The predicted octanol–water partition coefficient (Wildman–Crippen LogP) is 5.02. The number of carboxylic acids is 1. The third-order valence-electron chi connectivity index (χ3n) is 6.97. The molecule has 1 aromatic carbocycles. The van der Waals surface area contributed by atoms with Gasteiger partial charge in [-0.25, -0.2) is 4.79 Å². The smallest absolute Gasteiger partial charge is 0.473 e. The molecule has 0 spiro atoms. The molecule has 2 unspecified atom stereocenters. The Labute approximate surface area is 182 Å². The number of benzene rings is 1. The zero-order valence-corrected chi connectivity index (χ0v) is 18.5. The molecular weight excluding hydrogens is 397 g/mol. The summed E-state index contributed by atoms with van der Waals surface area (Å²) in [5.41, 5.74) is 4.61. The minimum Gasteiger partial charge on any atom is -0.473 e. The van der Waals surface area contributed by atoms with Crippen LogP contribution >= 0.6 is 0 Å². The zero-order chi connectivity index (χ0) is 22.5. The van der Waals surface area contributed by atoms with Crippen LogP contribution < -0.4 is 0 Å². The van der Waals surface area contributed by atoms with Gasteiger partial charge in [0, 0.05) is 16.8 Å². The highest BCUT2D eigenvalue weighted by Crippen LogP contribution is 2.48. The third kappa shape index (κ3) is 2.93. The first kappa shape index (κ1) is 21.5. The van der Waals surface area contributed by atoms with Crippen LogP contribution in [0, 0.1) is 0 Å². The fraction of sp³-hybridized carbons (Fsp3) is 0.417. The van der Waals surface area contributed by atoms with Crippen molar-refractivity contribution < 1.29 is 23.0 Å². The Hall–Kier alpha value is -2.70. The van der Waals surface area contributed by atoms with E-state index >= 15 is 8.63 Å². The first-order valence-corrected chi connectivity index (χ1v) is 11.2. The van der Waals surface area contributed by atoms with Crippen LogP contribution in [0.3, 0.4) is 0 Å². The summed E-state index contributed by atoms with van der Waals surface area (Å²) in [6.07, 6.45) is 3.85. The minimum atomic E-state index is -4.30. The summed E-state index contributed by atoms with van der Waals surface area (Å²) in [6, 6.07) is 9.00. The predicted molar refractivity (Wildman–Crippen MR) is 119 cm³/mol. The lowest BCUT2D eigenvalue weighted by Crippen LogP contribution is -2.59. The average molecular weight is 426 g/mol. The van der Waals surface area contributed by atoms with Gasteiger partial charge in [0.1, 0.15) is 6.04 Å². The molecule has 0 amide bonds. The van der Waals surface area contributed by atoms with Gasteiger partial charge in [0.2, 0.25) is 5.71 Å². The van der Waals surface area contributed by atoms with E-state index in [1.165, 1.54) is 0 Å². The molecule has 164 valence electrons. The van der Waals surface area contributed by atoms with Crippen molar-refractivity contribution in [2.24, 2.45) is 0 Å². The van der Waals surface area contributed by atoms with E-state index in [1.807, 2.05) is 58.0 Å². The minimum absolute atomic E-state index is 0.231. The number of hydrogen-bond donors (Lipinski definition) is 1. The summed E-state index contributed by atoms with van der Waals surface area (Å²) in [5.74, 6) is -1.63. The summed E-state index contributed by atoms with van der Waals surface area (Å²) in [6.45, 7) is 3.48.